The first-order chi connectivity index (χ1) is 9.95. The fourth-order valence-corrected chi connectivity index (χ4v) is 1.62. The molecule has 1 aromatic rings. The van der Waals surface area contributed by atoms with Crippen molar-refractivity contribution in [3.8, 4) is 5.75 Å². The maximum Gasteiger partial charge on any atom is 0.335 e. The lowest BCUT2D eigenvalue weighted by Gasteiger charge is -2.19. The minimum atomic E-state index is -1.01. The van der Waals surface area contributed by atoms with Crippen molar-refractivity contribution in [3.05, 3.63) is 29.8 Å². The Kier molecular flexibility index (Phi) is 6.88. The van der Waals surface area contributed by atoms with Crippen LogP contribution in [0.1, 0.15) is 44.0 Å². The Morgan fingerprint density at radius 2 is 1.81 bits per heavy atom. The molecule has 0 fully saturated rings. The predicted octanol–water partition coefficient (Wildman–Crippen LogP) is 3.13. The summed E-state index contributed by atoms with van der Waals surface area (Å²) in [5.74, 6) is -1.46. The molecule has 2 atom stereocenters. The minimum absolute atomic E-state index is 0.152. The Bertz CT molecular complexity index is 466. The summed E-state index contributed by atoms with van der Waals surface area (Å²) in [6, 6.07) is 5.74. The average molecular weight is 294 g/mol. The predicted molar refractivity (Wildman–Crippen MR) is 78.5 cm³/mol. The summed E-state index contributed by atoms with van der Waals surface area (Å²) in [5, 5.41) is 8.80. The van der Waals surface area contributed by atoms with Gasteiger partial charge >= 0.3 is 11.9 Å². The topological polar surface area (TPSA) is 72.8 Å². The van der Waals surface area contributed by atoms with Crippen LogP contribution >= 0.6 is 0 Å². The average Bonchev–Trinajstić information content (AvgIpc) is 2.47. The second kappa shape index (κ2) is 8.42. The molecule has 0 saturated carbocycles. The molecule has 0 heterocycles. The molecular formula is C16H22O5. The van der Waals surface area contributed by atoms with E-state index in [1.54, 1.807) is 6.92 Å². The van der Waals surface area contributed by atoms with E-state index >= 15 is 0 Å². The van der Waals surface area contributed by atoms with Gasteiger partial charge in [-0.1, -0.05) is 13.3 Å². The van der Waals surface area contributed by atoms with Crippen LogP contribution in [0.5, 0.6) is 5.75 Å². The van der Waals surface area contributed by atoms with Gasteiger partial charge in [0.2, 0.25) is 0 Å². The van der Waals surface area contributed by atoms with Gasteiger partial charge in [0.1, 0.15) is 5.75 Å². The summed E-state index contributed by atoms with van der Waals surface area (Å²) in [4.78, 5) is 22.7. The third-order valence-electron chi connectivity index (χ3n) is 3.27. The fourth-order valence-electron chi connectivity index (χ4n) is 1.62. The van der Waals surface area contributed by atoms with E-state index in [1.165, 1.54) is 24.3 Å². The van der Waals surface area contributed by atoms with Crippen LogP contribution in [0, 0.1) is 5.92 Å². The van der Waals surface area contributed by atoms with E-state index in [-0.39, 0.29) is 23.6 Å². The van der Waals surface area contributed by atoms with Gasteiger partial charge in [0, 0.05) is 6.61 Å². The quantitative estimate of drug-likeness (QED) is 0.453. The van der Waals surface area contributed by atoms with Gasteiger partial charge in [-0.2, -0.15) is 0 Å². The number of carbonyl (C=O) groups is 2. The number of esters is 1. The zero-order valence-electron chi connectivity index (χ0n) is 12.7. The van der Waals surface area contributed by atoms with Gasteiger partial charge in [0.05, 0.1) is 17.6 Å². The zero-order chi connectivity index (χ0) is 15.8. The van der Waals surface area contributed by atoms with E-state index in [4.69, 9.17) is 14.6 Å². The molecule has 1 N–H and O–H groups in total. The first-order valence-corrected chi connectivity index (χ1v) is 7.12. The molecule has 0 amide bonds. The van der Waals surface area contributed by atoms with E-state index in [9.17, 15) is 9.59 Å². The molecule has 21 heavy (non-hydrogen) atoms. The molecule has 1 aromatic carbocycles. The molecule has 0 spiro atoms. The third-order valence-corrected chi connectivity index (χ3v) is 3.27. The highest BCUT2D eigenvalue weighted by Gasteiger charge is 2.22. The first kappa shape index (κ1) is 17.2. The second-order valence-electron chi connectivity index (χ2n) is 4.97. The normalized spacial score (nSPS) is 13.5. The molecule has 2 unspecified atom stereocenters. The Balaban J connectivity index is 2.53. The number of hydrogen-bond acceptors (Lipinski definition) is 4. The van der Waals surface area contributed by atoms with Crippen LogP contribution in [0.3, 0.4) is 0 Å². The number of unbranched alkanes of at least 4 members (excludes halogenated alkanes) is 1. The maximum absolute atomic E-state index is 12.0. The molecule has 0 aliphatic carbocycles. The molecule has 0 aliphatic rings. The molecule has 0 bridgehead atoms. The first-order valence-electron chi connectivity index (χ1n) is 7.12. The number of ether oxygens (including phenoxy) is 2. The third kappa shape index (κ3) is 5.55. The lowest BCUT2D eigenvalue weighted by atomic mass is 10.1. The Hall–Kier alpha value is -1.88. The van der Waals surface area contributed by atoms with Gasteiger partial charge in [-0.25, -0.2) is 4.79 Å². The van der Waals surface area contributed by atoms with Crippen molar-refractivity contribution in [2.24, 2.45) is 5.92 Å². The van der Waals surface area contributed by atoms with Crippen LogP contribution in [0.25, 0.3) is 0 Å². The fraction of sp³-hybridized carbons (Fsp3) is 0.500. The van der Waals surface area contributed by atoms with E-state index < -0.39 is 5.97 Å². The van der Waals surface area contributed by atoms with Crippen molar-refractivity contribution < 1.29 is 24.2 Å². The van der Waals surface area contributed by atoms with Crippen LogP contribution in [0.4, 0.5) is 0 Å². The van der Waals surface area contributed by atoms with E-state index in [1.807, 2.05) is 6.92 Å². The van der Waals surface area contributed by atoms with Gasteiger partial charge in [0.15, 0.2) is 0 Å². The summed E-state index contributed by atoms with van der Waals surface area (Å²) in [7, 11) is 0. The lowest BCUT2D eigenvalue weighted by Crippen LogP contribution is -2.29. The van der Waals surface area contributed by atoms with Gasteiger partial charge in [-0.05, 0) is 44.5 Å². The molecular weight excluding hydrogens is 272 g/mol. The smallest absolute Gasteiger partial charge is 0.335 e. The molecule has 5 nitrogen and oxygen atoms in total. The summed E-state index contributed by atoms with van der Waals surface area (Å²) in [6.45, 7) is 6.30. The second-order valence-corrected chi connectivity index (χ2v) is 4.97. The molecule has 0 aromatic heterocycles. The highest BCUT2D eigenvalue weighted by molar-refractivity contribution is 5.87. The van der Waals surface area contributed by atoms with Crippen LogP contribution in [-0.4, -0.2) is 29.8 Å². The number of aromatic carboxylic acids is 1. The van der Waals surface area contributed by atoms with Gasteiger partial charge in [-0.3, -0.25) is 4.79 Å². The van der Waals surface area contributed by atoms with Crippen LogP contribution in [0.15, 0.2) is 24.3 Å². The summed E-state index contributed by atoms with van der Waals surface area (Å²) in [5.41, 5.74) is 0.152. The van der Waals surface area contributed by atoms with Crippen LogP contribution in [-0.2, 0) is 9.53 Å². The number of carboxylic acids is 1. The molecule has 0 aliphatic heterocycles. The number of hydrogen-bond donors (Lipinski definition) is 1. The molecule has 5 heteroatoms. The van der Waals surface area contributed by atoms with Crippen LogP contribution < -0.4 is 4.74 Å². The van der Waals surface area contributed by atoms with Crippen molar-refractivity contribution in [2.75, 3.05) is 6.61 Å². The molecule has 0 saturated heterocycles. The number of carbonyl (C=O) groups excluding carboxylic acids is 1. The largest absolute Gasteiger partial charge is 0.478 e. The summed E-state index contributed by atoms with van der Waals surface area (Å²) in [6.07, 6.45) is 1.78. The monoisotopic (exact) mass is 294 g/mol. The lowest BCUT2D eigenvalue weighted by molar-refractivity contribution is -0.143. The SMILES string of the molecule is CCCCOC(C)C(C)C(=O)Oc1ccc(C(=O)O)cc1. The number of benzene rings is 1. The maximum atomic E-state index is 12.0. The Morgan fingerprint density at radius 1 is 1.19 bits per heavy atom. The summed E-state index contributed by atoms with van der Waals surface area (Å²) < 4.78 is 10.8. The van der Waals surface area contributed by atoms with Gasteiger partial charge < -0.3 is 14.6 Å². The van der Waals surface area contributed by atoms with Crippen molar-refractivity contribution in [3.63, 3.8) is 0 Å². The van der Waals surface area contributed by atoms with Gasteiger partial charge in [-0.15, -0.1) is 0 Å². The van der Waals surface area contributed by atoms with E-state index in [0.717, 1.165) is 12.8 Å². The molecule has 0 radical (unpaired) electrons. The van der Waals surface area contributed by atoms with Crippen molar-refractivity contribution in [1.29, 1.82) is 0 Å². The van der Waals surface area contributed by atoms with E-state index in [0.29, 0.717) is 12.4 Å². The van der Waals surface area contributed by atoms with Crippen molar-refractivity contribution >= 4 is 11.9 Å². The van der Waals surface area contributed by atoms with Crippen molar-refractivity contribution in [1.82, 2.24) is 0 Å². The highest BCUT2D eigenvalue weighted by atomic mass is 16.5. The Labute approximate surface area is 124 Å². The van der Waals surface area contributed by atoms with Gasteiger partial charge in [0.25, 0.3) is 0 Å². The number of carboxylic acid groups (broad SMARTS) is 1. The zero-order valence-corrected chi connectivity index (χ0v) is 12.7. The molecule has 1 rings (SSSR count). The molecule has 116 valence electrons. The summed E-state index contributed by atoms with van der Waals surface area (Å²) >= 11 is 0. The number of rotatable bonds is 8. The van der Waals surface area contributed by atoms with Crippen LogP contribution in [0.2, 0.25) is 0 Å². The minimum Gasteiger partial charge on any atom is -0.478 e. The van der Waals surface area contributed by atoms with E-state index in [2.05, 4.69) is 6.92 Å². The Morgan fingerprint density at radius 3 is 2.33 bits per heavy atom. The standard InChI is InChI=1S/C16H22O5/c1-4-5-10-20-12(3)11(2)16(19)21-14-8-6-13(7-9-14)15(17)18/h6-9,11-12H,4-5,10H2,1-3H3,(H,17,18). The highest BCUT2D eigenvalue weighted by Crippen LogP contribution is 2.16. The van der Waals surface area contributed by atoms with Crippen molar-refractivity contribution in [2.45, 2.75) is 39.7 Å².